The van der Waals surface area contributed by atoms with Gasteiger partial charge < -0.3 is 20.9 Å². The van der Waals surface area contributed by atoms with Crippen molar-refractivity contribution < 1.29 is 9.59 Å². The van der Waals surface area contributed by atoms with E-state index < -0.39 is 5.41 Å². The van der Waals surface area contributed by atoms with Gasteiger partial charge in [-0.05, 0) is 37.6 Å². The van der Waals surface area contributed by atoms with Gasteiger partial charge in [-0.25, -0.2) is 0 Å². The molecule has 0 radical (unpaired) electrons. The van der Waals surface area contributed by atoms with Crippen molar-refractivity contribution in [3.63, 3.8) is 0 Å². The normalized spacial score (nSPS) is 14.6. The van der Waals surface area contributed by atoms with Crippen LogP contribution in [0.1, 0.15) is 42.6 Å². The van der Waals surface area contributed by atoms with Crippen LogP contribution in [-0.2, 0) is 11.3 Å². The van der Waals surface area contributed by atoms with Crippen molar-refractivity contribution in [3.8, 4) is 0 Å². The van der Waals surface area contributed by atoms with E-state index in [1.807, 2.05) is 43.0 Å². The zero-order chi connectivity index (χ0) is 19.2. The minimum absolute atomic E-state index is 0. The molecule has 1 fully saturated rings. The lowest BCUT2D eigenvalue weighted by atomic mass is 9.81. The highest BCUT2D eigenvalue weighted by molar-refractivity contribution is 5.94. The summed E-state index contributed by atoms with van der Waals surface area (Å²) in [5.41, 5.74) is 7.01. The van der Waals surface area contributed by atoms with E-state index in [0.29, 0.717) is 18.7 Å². The summed E-state index contributed by atoms with van der Waals surface area (Å²) in [6, 6.07) is 7.51. The maximum atomic E-state index is 12.6. The molecule has 1 aromatic carbocycles. The van der Waals surface area contributed by atoms with Gasteiger partial charge >= 0.3 is 0 Å². The molecule has 28 heavy (non-hydrogen) atoms. The fraction of sp³-hybridized carbons (Fsp3) is 0.600. The second-order valence-corrected chi connectivity index (χ2v) is 7.17. The molecular weight excluding hydrogens is 399 g/mol. The molecule has 0 bridgehead atoms. The number of hydrogen-bond donors (Lipinski definition) is 2. The quantitative estimate of drug-likeness (QED) is 0.692. The first-order valence-electron chi connectivity index (χ1n) is 9.51. The molecular formula is C20H34Cl2N4O2. The van der Waals surface area contributed by atoms with Gasteiger partial charge in [0.15, 0.2) is 0 Å². The number of amides is 2. The average molecular weight is 433 g/mol. The van der Waals surface area contributed by atoms with Crippen LogP contribution in [0, 0.1) is 5.41 Å². The maximum absolute atomic E-state index is 12.6. The monoisotopic (exact) mass is 432 g/mol. The van der Waals surface area contributed by atoms with Gasteiger partial charge in [-0.15, -0.1) is 24.8 Å². The lowest BCUT2D eigenvalue weighted by Crippen LogP contribution is -2.47. The van der Waals surface area contributed by atoms with Crippen LogP contribution in [-0.4, -0.2) is 61.4 Å². The Bertz CT molecular complexity index is 605. The van der Waals surface area contributed by atoms with Gasteiger partial charge in [-0.3, -0.25) is 9.59 Å². The van der Waals surface area contributed by atoms with Crippen LogP contribution in [0.25, 0.3) is 0 Å². The Labute approximate surface area is 181 Å². The number of piperazine rings is 1. The summed E-state index contributed by atoms with van der Waals surface area (Å²) >= 11 is 0. The Hall–Kier alpha value is -1.34. The fourth-order valence-electron chi connectivity index (χ4n) is 3.28. The van der Waals surface area contributed by atoms with Crippen molar-refractivity contribution in [1.82, 2.24) is 15.1 Å². The highest BCUT2D eigenvalue weighted by Crippen LogP contribution is 2.25. The molecule has 0 saturated carbocycles. The fourth-order valence-corrected chi connectivity index (χ4v) is 3.28. The number of halogens is 2. The van der Waals surface area contributed by atoms with E-state index in [1.54, 1.807) is 0 Å². The van der Waals surface area contributed by atoms with Gasteiger partial charge in [0, 0.05) is 44.8 Å². The number of rotatable bonds is 7. The molecule has 160 valence electrons. The Kier molecular flexibility index (Phi) is 11.7. The Morgan fingerprint density at radius 1 is 1.04 bits per heavy atom. The summed E-state index contributed by atoms with van der Waals surface area (Å²) in [6.07, 6.45) is 1.45. The van der Waals surface area contributed by atoms with Gasteiger partial charge in [0.05, 0.1) is 5.41 Å². The third kappa shape index (κ3) is 6.34. The van der Waals surface area contributed by atoms with E-state index in [0.717, 1.165) is 44.6 Å². The largest absolute Gasteiger partial charge is 0.352 e. The van der Waals surface area contributed by atoms with Crippen molar-refractivity contribution in [2.45, 2.75) is 33.2 Å². The van der Waals surface area contributed by atoms with Crippen LogP contribution in [0.3, 0.4) is 0 Å². The molecule has 0 aliphatic carbocycles. The Balaban J connectivity index is 0.00000364. The minimum atomic E-state index is -0.489. The van der Waals surface area contributed by atoms with E-state index in [2.05, 4.69) is 17.3 Å². The third-order valence-corrected chi connectivity index (χ3v) is 5.67. The van der Waals surface area contributed by atoms with Crippen LogP contribution < -0.4 is 11.1 Å². The topological polar surface area (TPSA) is 78.7 Å². The van der Waals surface area contributed by atoms with Gasteiger partial charge in [0.25, 0.3) is 5.91 Å². The van der Waals surface area contributed by atoms with Crippen LogP contribution in [0.5, 0.6) is 0 Å². The molecule has 1 aromatic rings. The highest BCUT2D eigenvalue weighted by atomic mass is 35.5. The number of benzene rings is 1. The van der Waals surface area contributed by atoms with Crippen LogP contribution in [0.4, 0.5) is 0 Å². The first-order chi connectivity index (χ1) is 12.5. The number of carbonyl (C=O) groups is 2. The molecule has 8 heteroatoms. The second-order valence-electron chi connectivity index (χ2n) is 7.17. The lowest BCUT2D eigenvalue weighted by Gasteiger charge is -2.32. The minimum Gasteiger partial charge on any atom is -0.352 e. The molecule has 2 amide bonds. The van der Waals surface area contributed by atoms with Crippen molar-refractivity contribution >= 4 is 36.6 Å². The summed E-state index contributed by atoms with van der Waals surface area (Å²) in [4.78, 5) is 29.2. The number of nitrogens with zero attached hydrogens (tertiary/aromatic N) is 2. The first-order valence-corrected chi connectivity index (χ1v) is 9.51. The van der Waals surface area contributed by atoms with Crippen molar-refractivity contribution in [2.75, 3.05) is 39.8 Å². The molecule has 6 nitrogen and oxygen atoms in total. The van der Waals surface area contributed by atoms with Crippen molar-refractivity contribution in [2.24, 2.45) is 11.1 Å². The standard InChI is InChI=1S/C20H32N4O2.2ClH/c1-4-20(5-2,15-21)19(26)22-14-16-6-8-17(9-7-16)18(25)24-12-10-23(3)11-13-24;;/h6-9H,4-5,10-15,21H2,1-3H3,(H,22,26);2*1H. The molecule has 1 saturated heterocycles. The summed E-state index contributed by atoms with van der Waals surface area (Å²) in [7, 11) is 2.07. The number of likely N-dealkylation sites (N-methyl/N-ethyl adjacent to an activating group) is 1. The Morgan fingerprint density at radius 2 is 1.57 bits per heavy atom. The van der Waals surface area contributed by atoms with E-state index >= 15 is 0 Å². The smallest absolute Gasteiger partial charge is 0.253 e. The van der Waals surface area contributed by atoms with Crippen LogP contribution in [0.2, 0.25) is 0 Å². The number of carbonyl (C=O) groups excluding carboxylic acids is 2. The van der Waals surface area contributed by atoms with Crippen molar-refractivity contribution in [1.29, 1.82) is 0 Å². The van der Waals surface area contributed by atoms with Crippen LogP contribution >= 0.6 is 24.8 Å². The van der Waals surface area contributed by atoms with Gasteiger partial charge in [0.1, 0.15) is 0 Å². The third-order valence-electron chi connectivity index (χ3n) is 5.67. The van der Waals surface area contributed by atoms with Crippen molar-refractivity contribution in [3.05, 3.63) is 35.4 Å². The zero-order valence-corrected chi connectivity index (χ0v) is 18.7. The SMILES string of the molecule is CCC(CC)(CN)C(=O)NCc1ccc(C(=O)N2CCN(C)CC2)cc1.Cl.Cl. The molecule has 1 heterocycles. The predicted molar refractivity (Wildman–Crippen MR) is 118 cm³/mol. The molecule has 3 N–H and O–H groups in total. The molecule has 0 unspecified atom stereocenters. The maximum Gasteiger partial charge on any atom is 0.253 e. The summed E-state index contributed by atoms with van der Waals surface area (Å²) < 4.78 is 0. The number of nitrogens with two attached hydrogens (primary N) is 1. The molecule has 1 aliphatic heterocycles. The molecule has 1 aliphatic rings. The molecule has 0 spiro atoms. The Morgan fingerprint density at radius 3 is 2.04 bits per heavy atom. The van der Waals surface area contributed by atoms with E-state index in [-0.39, 0.29) is 36.6 Å². The molecule has 2 rings (SSSR count). The van der Waals surface area contributed by atoms with Gasteiger partial charge in [-0.1, -0.05) is 26.0 Å². The number of nitrogens with one attached hydrogen (secondary N) is 1. The zero-order valence-electron chi connectivity index (χ0n) is 17.1. The highest BCUT2D eigenvalue weighted by Gasteiger charge is 2.32. The van der Waals surface area contributed by atoms with Crippen LogP contribution in [0.15, 0.2) is 24.3 Å². The molecule has 0 aromatic heterocycles. The summed E-state index contributed by atoms with van der Waals surface area (Å²) in [5.74, 6) is 0.0791. The predicted octanol–water partition coefficient (Wildman–Crippen LogP) is 2.30. The average Bonchev–Trinajstić information content (AvgIpc) is 2.68. The van der Waals surface area contributed by atoms with Gasteiger partial charge in [0.2, 0.25) is 5.91 Å². The van der Waals surface area contributed by atoms with E-state index in [9.17, 15) is 9.59 Å². The first kappa shape index (κ1) is 26.7. The van der Waals surface area contributed by atoms with E-state index in [1.165, 1.54) is 0 Å². The lowest BCUT2D eigenvalue weighted by molar-refractivity contribution is -0.131. The number of hydrogen-bond acceptors (Lipinski definition) is 4. The second kappa shape index (κ2) is 12.3. The van der Waals surface area contributed by atoms with E-state index in [4.69, 9.17) is 5.73 Å². The summed E-state index contributed by atoms with van der Waals surface area (Å²) in [5, 5.41) is 2.99. The van der Waals surface area contributed by atoms with Gasteiger partial charge in [-0.2, -0.15) is 0 Å². The summed E-state index contributed by atoms with van der Waals surface area (Å²) in [6.45, 7) is 8.14. The molecule has 0 atom stereocenters.